The van der Waals surface area contributed by atoms with E-state index < -0.39 is 0 Å². The zero-order valence-electron chi connectivity index (χ0n) is 9.28. The summed E-state index contributed by atoms with van der Waals surface area (Å²) in [6, 6.07) is 6.67. The van der Waals surface area contributed by atoms with Gasteiger partial charge in [-0.25, -0.2) is 0 Å². The molecule has 0 bridgehead atoms. The molecule has 2 aromatic rings. The van der Waals surface area contributed by atoms with E-state index in [2.05, 4.69) is 37.6 Å². The van der Waals surface area contributed by atoms with Gasteiger partial charge in [-0.3, -0.25) is 0 Å². The molecular weight excluding hydrogens is 300 g/mol. The Morgan fingerprint density at radius 1 is 1.35 bits per heavy atom. The number of nitrogens with zero attached hydrogens (tertiary/aromatic N) is 1. The van der Waals surface area contributed by atoms with Gasteiger partial charge in [-0.15, -0.1) is 0 Å². The molecule has 2 heterocycles. The minimum atomic E-state index is 0.458. The Labute approximate surface area is 113 Å². The smallest absolute Gasteiger partial charge is 0.178 e. The minimum Gasteiger partial charge on any atom is -0.381 e. The zero-order valence-corrected chi connectivity index (χ0v) is 11.7. The quantitative estimate of drug-likeness (QED) is 0.811. The average molecular weight is 313 g/mol. The molecule has 0 saturated carbocycles. The highest BCUT2D eigenvalue weighted by molar-refractivity contribution is 9.10. The van der Waals surface area contributed by atoms with Gasteiger partial charge in [0.05, 0.1) is 11.0 Å². The Bertz CT molecular complexity index is 598. The number of aromatic amines is 1. The number of fused-ring (bicyclic) bond motifs is 1. The van der Waals surface area contributed by atoms with E-state index in [4.69, 9.17) is 17.0 Å². The summed E-state index contributed by atoms with van der Waals surface area (Å²) >= 11 is 8.94. The molecule has 1 aromatic heterocycles. The van der Waals surface area contributed by atoms with Crippen molar-refractivity contribution < 1.29 is 4.74 Å². The van der Waals surface area contributed by atoms with E-state index in [1.807, 2.05) is 6.07 Å². The number of H-pyrrole nitrogens is 1. The molecule has 1 aliphatic rings. The molecule has 0 aliphatic carbocycles. The molecule has 0 unspecified atom stereocenters. The van der Waals surface area contributed by atoms with Crippen molar-refractivity contribution >= 4 is 39.2 Å². The first kappa shape index (κ1) is 11.4. The largest absolute Gasteiger partial charge is 0.381 e. The second-order valence-electron chi connectivity index (χ2n) is 4.31. The van der Waals surface area contributed by atoms with Crippen LogP contribution in [0.3, 0.4) is 0 Å². The molecule has 3 nitrogen and oxygen atoms in total. The SMILES string of the molecule is S=c1[nH]c2ccc(Br)cc2n1C1CCOCC1. The maximum absolute atomic E-state index is 5.43. The summed E-state index contributed by atoms with van der Waals surface area (Å²) in [6.07, 6.45) is 2.07. The van der Waals surface area contributed by atoms with Crippen molar-refractivity contribution in [1.82, 2.24) is 9.55 Å². The molecule has 0 spiro atoms. The van der Waals surface area contributed by atoms with Crippen molar-refractivity contribution in [3.8, 4) is 0 Å². The normalized spacial score (nSPS) is 17.7. The van der Waals surface area contributed by atoms with E-state index >= 15 is 0 Å². The lowest BCUT2D eigenvalue weighted by atomic mass is 10.1. The predicted molar refractivity (Wildman–Crippen MR) is 73.9 cm³/mol. The van der Waals surface area contributed by atoms with E-state index in [0.717, 1.165) is 40.8 Å². The highest BCUT2D eigenvalue weighted by Gasteiger charge is 2.18. The molecular formula is C12H13BrN2OS. The third-order valence-corrected chi connectivity index (χ3v) is 4.03. The Morgan fingerprint density at radius 3 is 2.88 bits per heavy atom. The van der Waals surface area contributed by atoms with E-state index in [1.165, 1.54) is 5.52 Å². The lowest BCUT2D eigenvalue weighted by Gasteiger charge is -2.24. The number of rotatable bonds is 1. The molecule has 1 N–H and O–H groups in total. The second kappa shape index (κ2) is 4.55. The van der Waals surface area contributed by atoms with Crippen LogP contribution in [-0.4, -0.2) is 22.8 Å². The summed E-state index contributed by atoms with van der Waals surface area (Å²) in [4.78, 5) is 3.27. The number of imidazole rings is 1. The van der Waals surface area contributed by atoms with Crippen molar-refractivity contribution in [2.75, 3.05) is 13.2 Å². The van der Waals surface area contributed by atoms with E-state index in [0.29, 0.717) is 6.04 Å². The van der Waals surface area contributed by atoms with Crippen LogP contribution in [-0.2, 0) is 4.74 Å². The molecule has 1 aromatic carbocycles. The predicted octanol–water partition coefficient (Wildman–Crippen LogP) is 3.81. The Kier molecular flexibility index (Phi) is 3.06. The van der Waals surface area contributed by atoms with Crippen LogP contribution in [0.1, 0.15) is 18.9 Å². The lowest BCUT2D eigenvalue weighted by Crippen LogP contribution is -2.19. The van der Waals surface area contributed by atoms with Crippen LogP contribution >= 0.6 is 28.1 Å². The zero-order chi connectivity index (χ0) is 11.8. The number of halogens is 1. The fraction of sp³-hybridized carbons (Fsp3) is 0.417. The van der Waals surface area contributed by atoms with Crippen molar-refractivity contribution in [3.05, 3.63) is 27.4 Å². The highest BCUT2D eigenvalue weighted by Crippen LogP contribution is 2.28. The molecule has 5 heteroatoms. The first-order chi connectivity index (χ1) is 8.25. The van der Waals surface area contributed by atoms with Gasteiger partial charge in [-0.2, -0.15) is 0 Å². The number of benzene rings is 1. The molecule has 0 radical (unpaired) electrons. The monoisotopic (exact) mass is 312 g/mol. The van der Waals surface area contributed by atoms with Crippen molar-refractivity contribution in [2.24, 2.45) is 0 Å². The standard InChI is InChI=1S/C12H13BrN2OS/c13-8-1-2-10-11(7-8)15(12(17)14-10)9-3-5-16-6-4-9/h1-2,7,9H,3-6H2,(H,14,17). The molecule has 1 saturated heterocycles. The number of aromatic nitrogens is 2. The van der Waals surface area contributed by atoms with Gasteiger partial charge in [-0.05, 0) is 43.3 Å². The Morgan fingerprint density at radius 2 is 2.12 bits per heavy atom. The van der Waals surface area contributed by atoms with Gasteiger partial charge in [0.1, 0.15) is 0 Å². The van der Waals surface area contributed by atoms with Gasteiger partial charge in [0, 0.05) is 23.7 Å². The third-order valence-electron chi connectivity index (χ3n) is 3.24. The molecule has 17 heavy (non-hydrogen) atoms. The number of ether oxygens (including phenoxy) is 1. The summed E-state index contributed by atoms with van der Waals surface area (Å²) in [7, 11) is 0. The van der Waals surface area contributed by atoms with Gasteiger partial charge in [-0.1, -0.05) is 15.9 Å². The second-order valence-corrected chi connectivity index (χ2v) is 5.61. The van der Waals surface area contributed by atoms with Crippen LogP contribution in [0.4, 0.5) is 0 Å². The third kappa shape index (κ3) is 2.07. The van der Waals surface area contributed by atoms with Crippen molar-refractivity contribution in [1.29, 1.82) is 0 Å². The van der Waals surface area contributed by atoms with E-state index in [-0.39, 0.29) is 0 Å². The van der Waals surface area contributed by atoms with Gasteiger partial charge in [0.25, 0.3) is 0 Å². The molecule has 90 valence electrons. The van der Waals surface area contributed by atoms with Gasteiger partial charge < -0.3 is 14.3 Å². The van der Waals surface area contributed by atoms with Gasteiger partial charge >= 0.3 is 0 Å². The summed E-state index contributed by atoms with van der Waals surface area (Å²) in [5, 5.41) is 0. The summed E-state index contributed by atoms with van der Waals surface area (Å²) < 4.78 is 9.53. The van der Waals surface area contributed by atoms with Crippen LogP contribution in [0.25, 0.3) is 11.0 Å². The van der Waals surface area contributed by atoms with Gasteiger partial charge in [0.2, 0.25) is 0 Å². The fourth-order valence-electron chi connectivity index (χ4n) is 2.40. The molecule has 0 atom stereocenters. The average Bonchev–Trinajstić information content (AvgIpc) is 2.65. The topological polar surface area (TPSA) is 29.9 Å². The van der Waals surface area contributed by atoms with Crippen molar-refractivity contribution in [2.45, 2.75) is 18.9 Å². The van der Waals surface area contributed by atoms with E-state index in [9.17, 15) is 0 Å². The first-order valence-corrected chi connectivity index (χ1v) is 6.93. The number of hydrogen-bond acceptors (Lipinski definition) is 2. The van der Waals surface area contributed by atoms with Crippen LogP contribution in [0.15, 0.2) is 22.7 Å². The molecule has 3 rings (SSSR count). The maximum atomic E-state index is 5.43. The van der Waals surface area contributed by atoms with Crippen LogP contribution in [0.2, 0.25) is 0 Å². The Balaban J connectivity index is 2.16. The highest BCUT2D eigenvalue weighted by atomic mass is 79.9. The van der Waals surface area contributed by atoms with Crippen LogP contribution in [0, 0.1) is 4.77 Å². The first-order valence-electron chi connectivity index (χ1n) is 5.73. The van der Waals surface area contributed by atoms with Gasteiger partial charge in [0.15, 0.2) is 4.77 Å². The molecule has 0 amide bonds. The van der Waals surface area contributed by atoms with Crippen LogP contribution in [0.5, 0.6) is 0 Å². The number of hydrogen-bond donors (Lipinski definition) is 1. The number of nitrogens with one attached hydrogen (secondary N) is 1. The summed E-state index contributed by atoms with van der Waals surface area (Å²) in [5.41, 5.74) is 2.28. The molecule has 1 aliphatic heterocycles. The minimum absolute atomic E-state index is 0.458. The Hall–Kier alpha value is -0.650. The van der Waals surface area contributed by atoms with E-state index in [1.54, 1.807) is 0 Å². The summed E-state index contributed by atoms with van der Waals surface area (Å²) in [6.45, 7) is 1.65. The van der Waals surface area contributed by atoms with Crippen molar-refractivity contribution in [3.63, 3.8) is 0 Å². The molecule has 1 fully saturated rings. The fourth-order valence-corrected chi connectivity index (χ4v) is 3.11. The lowest BCUT2D eigenvalue weighted by molar-refractivity contribution is 0.0702. The summed E-state index contributed by atoms with van der Waals surface area (Å²) in [5.74, 6) is 0. The van der Waals surface area contributed by atoms with Crippen LogP contribution < -0.4 is 0 Å². The maximum Gasteiger partial charge on any atom is 0.178 e.